The zero-order chi connectivity index (χ0) is 47.8. The quantitative estimate of drug-likeness (QED) is 0.133. The third-order valence-corrected chi connectivity index (χ3v) is 14.4. The van der Waals surface area contributed by atoms with E-state index in [1.165, 1.54) is 88.2 Å². The molecule has 0 amide bonds. The molecule has 0 spiro atoms. The van der Waals surface area contributed by atoms with E-state index in [0.29, 0.717) is 0 Å². The van der Waals surface area contributed by atoms with E-state index in [0.717, 1.165) is 46.7 Å². The van der Waals surface area contributed by atoms with Crippen LogP contribution < -0.4 is 4.90 Å². The Kier molecular flexibility index (Phi) is 11.1. The second-order valence-electron chi connectivity index (χ2n) is 18.8. The number of fused-ring (bicyclic) bond motifs is 4. The standard InChI is InChI=1S/C70H50N2/c1-6-20-49(21-7-1)57-40-58(50-22-8-2-9-23-50)42-59(41-57)53-36-38-63(39-37-53)71(65-45-60(51-24-10-3-11-25-51)43-61(46-65)52-26-12-4-13-27-52)64-33-18-30-56(44-64)66-34-19-35-68-70(66)67-47-54-28-16-17-29-55(54)48-69(67)72(68)62-31-14-5-15-32-62/h1-12,14-26,28-48H,13,27H2. The predicted octanol–water partition coefficient (Wildman–Crippen LogP) is 19.5. The van der Waals surface area contributed by atoms with Gasteiger partial charge in [-0.05, 0) is 181 Å². The molecule has 1 aliphatic carbocycles. The van der Waals surface area contributed by atoms with Crippen LogP contribution in [0.3, 0.4) is 0 Å². The first-order chi connectivity index (χ1) is 35.7. The lowest BCUT2D eigenvalue weighted by Crippen LogP contribution is -2.11. The van der Waals surface area contributed by atoms with E-state index < -0.39 is 0 Å². The van der Waals surface area contributed by atoms with Crippen LogP contribution in [0.2, 0.25) is 0 Å². The van der Waals surface area contributed by atoms with Gasteiger partial charge >= 0.3 is 0 Å². The smallest absolute Gasteiger partial charge is 0.0547 e. The van der Waals surface area contributed by atoms with Crippen LogP contribution in [-0.2, 0) is 0 Å². The molecule has 0 fully saturated rings. The van der Waals surface area contributed by atoms with Crippen molar-refractivity contribution in [3.8, 4) is 61.3 Å². The molecule has 72 heavy (non-hydrogen) atoms. The highest BCUT2D eigenvalue weighted by atomic mass is 15.1. The maximum absolute atomic E-state index is 2.46. The zero-order valence-corrected chi connectivity index (χ0v) is 39.9. The largest absolute Gasteiger partial charge is 0.310 e. The molecule has 11 aromatic carbocycles. The van der Waals surface area contributed by atoms with Gasteiger partial charge < -0.3 is 9.47 Å². The van der Waals surface area contributed by atoms with Crippen LogP contribution in [0, 0.1) is 0 Å². The van der Waals surface area contributed by atoms with E-state index in [9.17, 15) is 0 Å². The lowest BCUT2D eigenvalue weighted by molar-refractivity contribution is 1.05. The molecule has 0 unspecified atom stereocenters. The van der Waals surface area contributed by atoms with Gasteiger partial charge in [0.05, 0.1) is 11.0 Å². The van der Waals surface area contributed by atoms with Gasteiger partial charge in [0.15, 0.2) is 0 Å². The minimum Gasteiger partial charge on any atom is -0.310 e. The van der Waals surface area contributed by atoms with Crippen LogP contribution >= 0.6 is 0 Å². The predicted molar refractivity (Wildman–Crippen MR) is 307 cm³/mol. The Morgan fingerprint density at radius 3 is 1.47 bits per heavy atom. The van der Waals surface area contributed by atoms with Gasteiger partial charge in [-0.15, -0.1) is 0 Å². The third kappa shape index (κ3) is 8.09. The Hall–Kier alpha value is -9.24. The number of allylic oxidation sites excluding steroid dienone is 4. The number of rotatable bonds is 10. The molecule has 0 atom stereocenters. The molecule has 340 valence electrons. The Balaban J connectivity index is 1.00. The third-order valence-electron chi connectivity index (χ3n) is 14.4. The summed E-state index contributed by atoms with van der Waals surface area (Å²) in [7, 11) is 0. The second kappa shape index (κ2) is 18.6. The van der Waals surface area contributed by atoms with E-state index in [-0.39, 0.29) is 0 Å². The molecule has 1 aliphatic rings. The van der Waals surface area contributed by atoms with Gasteiger partial charge in [-0.3, -0.25) is 0 Å². The Morgan fingerprint density at radius 1 is 0.333 bits per heavy atom. The molecule has 0 saturated carbocycles. The summed E-state index contributed by atoms with van der Waals surface area (Å²) in [6.45, 7) is 0. The number of para-hydroxylation sites is 1. The van der Waals surface area contributed by atoms with Crippen LogP contribution in [0.4, 0.5) is 17.1 Å². The van der Waals surface area contributed by atoms with Gasteiger partial charge in [-0.2, -0.15) is 0 Å². The zero-order valence-electron chi connectivity index (χ0n) is 39.9. The van der Waals surface area contributed by atoms with Crippen LogP contribution in [0.1, 0.15) is 18.4 Å². The molecule has 1 heterocycles. The van der Waals surface area contributed by atoms with Crippen molar-refractivity contribution >= 4 is 55.2 Å². The number of hydrogen-bond acceptors (Lipinski definition) is 1. The molecule has 2 nitrogen and oxygen atoms in total. The maximum Gasteiger partial charge on any atom is 0.0547 e. The van der Waals surface area contributed by atoms with E-state index in [2.05, 4.69) is 289 Å². The Labute approximate surface area is 421 Å². The van der Waals surface area contributed by atoms with Crippen molar-refractivity contribution in [3.63, 3.8) is 0 Å². The van der Waals surface area contributed by atoms with Gasteiger partial charge in [0.2, 0.25) is 0 Å². The molecule has 0 bridgehead atoms. The average molecular weight is 919 g/mol. The van der Waals surface area contributed by atoms with Crippen LogP contribution in [0.25, 0.3) is 99.5 Å². The van der Waals surface area contributed by atoms with Crippen molar-refractivity contribution < 1.29 is 0 Å². The van der Waals surface area contributed by atoms with Gasteiger partial charge in [-0.1, -0.05) is 188 Å². The second-order valence-corrected chi connectivity index (χ2v) is 18.8. The molecule has 0 radical (unpaired) electrons. The summed E-state index contributed by atoms with van der Waals surface area (Å²) in [5, 5.41) is 4.94. The fourth-order valence-corrected chi connectivity index (χ4v) is 10.9. The highest BCUT2D eigenvalue weighted by Crippen LogP contribution is 2.45. The number of benzene rings is 11. The fraction of sp³-hybridized carbons (Fsp3) is 0.0286. The number of anilines is 3. The highest BCUT2D eigenvalue weighted by molar-refractivity contribution is 6.18. The van der Waals surface area contributed by atoms with E-state index in [1.54, 1.807) is 0 Å². The Bertz CT molecular complexity index is 3940. The van der Waals surface area contributed by atoms with E-state index in [1.807, 2.05) is 0 Å². The van der Waals surface area contributed by atoms with Crippen molar-refractivity contribution in [2.45, 2.75) is 12.8 Å². The van der Waals surface area contributed by atoms with Gasteiger partial charge in [0.25, 0.3) is 0 Å². The minimum atomic E-state index is 1.00. The first-order valence-electron chi connectivity index (χ1n) is 25.0. The summed E-state index contributed by atoms with van der Waals surface area (Å²) in [4.78, 5) is 2.46. The molecule has 0 N–H and O–H groups in total. The summed E-state index contributed by atoms with van der Waals surface area (Å²) in [5.41, 5.74) is 21.3. The SMILES string of the molecule is C1=CCCC(c2cc(-c3ccccc3)cc(N(c3ccc(-c4cc(-c5ccccc5)cc(-c5ccccc5)c4)cc3)c3cccc(-c4cccc5c4c4cc6ccccc6cc4n5-c4ccccc4)c3)c2)=C1. The molecule has 12 aromatic rings. The van der Waals surface area contributed by atoms with Gasteiger partial charge in [-0.25, -0.2) is 0 Å². The monoisotopic (exact) mass is 918 g/mol. The van der Waals surface area contributed by atoms with Crippen molar-refractivity contribution in [1.29, 1.82) is 0 Å². The lowest BCUT2D eigenvalue weighted by atomic mass is 9.92. The molecule has 2 heteroatoms. The van der Waals surface area contributed by atoms with Crippen molar-refractivity contribution in [1.82, 2.24) is 4.57 Å². The Morgan fingerprint density at radius 2 is 0.847 bits per heavy atom. The summed E-state index contributed by atoms with van der Waals surface area (Å²) in [5.74, 6) is 0. The summed E-state index contributed by atoms with van der Waals surface area (Å²) in [6, 6.07) is 95.8. The first kappa shape index (κ1) is 42.8. The van der Waals surface area contributed by atoms with Crippen LogP contribution in [0.5, 0.6) is 0 Å². The average Bonchev–Trinajstić information content (AvgIpc) is 3.79. The topological polar surface area (TPSA) is 8.17 Å². The minimum absolute atomic E-state index is 1.00. The molecule has 1 aromatic heterocycles. The van der Waals surface area contributed by atoms with E-state index >= 15 is 0 Å². The van der Waals surface area contributed by atoms with E-state index in [4.69, 9.17) is 0 Å². The van der Waals surface area contributed by atoms with Crippen molar-refractivity contribution in [2.24, 2.45) is 0 Å². The first-order valence-corrected chi connectivity index (χ1v) is 25.0. The summed E-state index contributed by atoms with van der Waals surface area (Å²) >= 11 is 0. The molecular weight excluding hydrogens is 869 g/mol. The molecule has 0 saturated heterocycles. The number of hydrogen-bond donors (Lipinski definition) is 0. The lowest BCUT2D eigenvalue weighted by Gasteiger charge is -2.28. The summed E-state index contributed by atoms with van der Waals surface area (Å²) < 4.78 is 2.43. The maximum atomic E-state index is 2.46. The summed E-state index contributed by atoms with van der Waals surface area (Å²) in [6.07, 6.45) is 8.80. The number of nitrogens with zero attached hydrogens (tertiary/aromatic N) is 2. The molecule has 0 aliphatic heterocycles. The molecular formula is C70H50N2. The fourth-order valence-electron chi connectivity index (χ4n) is 10.9. The van der Waals surface area contributed by atoms with Crippen molar-refractivity contribution in [3.05, 3.63) is 285 Å². The van der Waals surface area contributed by atoms with Crippen LogP contribution in [0.15, 0.2) is 279 Å². The molecule has 13 rings (SSSR count). The van der Waals surface area contributed by atoms with Crippen molar-refractivity contribution in [2.75, 3.05) is 4.90 Å². The highest BCUT2D eigenvalue weighted by Gasteiger charge is 2.21. The number of aromatic nitrogens is 1. The van der Waals surface area contributed by atoms with Crippen LogP contribution in [-0.4, -0.2) is 4.57 Å². The normalized spacial score (nSPS) is 12.4. The van der Waals surface area contributed by atoms with Gasteiger partial charge in [0.1, 0.15) is 0 Å². The van der Waals surface area contributed by atoms with Gasteiger partial charge in [0, 0.05) is 33.5 Å².